The number of hydrogen-bond acceptors (Lipinski definition) is 4. The number of rotatable bonds is 7. The molecule has 0 aliphatic carbocycles. The van der Waals surface area contributed by atoms with E-state index >= 15 is 0 Å². The molecule has 0 saturated heterocycles. The molecule has 2 amide bonds. The van der Waals surface area contributed by atoms with Gasteiger partial charge in [-0.25, -0.2) is 4.68 Å². The van der Waals surface area contributed by atoms with Crippen LogP contribution in [0.5, 0.6) is 0 Å². The smallest absolute Gasteiger partial charge is 0.248 e. The predicted octanol–water partition coefficient (Wildman–Crippen LogP) is 1.51. The average molecular weight is 321 g/mol. The normalized spacial score (nSPS) is 17.7. The molecule has 1 aliphatic heterocycles. The van der Waals surface area contributed by atoms with Gasteiger partial charge in [0, 0.05) is 6.04 Å². The molecule has 23 heavy (non-hydrogen) atoms. The Labute approximate surface area is 137 Å². The summed E-state index contributed by atoms with van der Waals surface area (Å²) in [7, 11) is 0. The van der Waals surface area contributed by atoms with Gasteiger partial charge in [0.2, 0.25) is 11.8 Å². The summed E-state index contributed by atoms with van der Waals surface area (Å²) in [6, 6.07) is -0.191. The predicted molar refractivity (Wildman–Crippen MR) is 86.4 cm³/mol. The third-order valence-electron chi connectivity index (χ3n) is 4.27. The number of carbonyl (C=O) groups is 2. The van der Waals surface area contributed by atoms with Gasteiger partial charge >= 0.3 is 0 Å². The van der Waals surface area contributed by atoms with Gasteiger partial charge in [0.1, 0.15) is 12.6 Å². The topological polar surface area (TPSA) is 80.1 Å². The molecule has 0 spiro atoms. The first-order valence-corrected chi connectivity index (χ1v) is 8.43. The first kappa shape index (κ1) is 17.4. The van der Waals surface area contributed by atoms with E-state index in [-0.39, 0.29) is 30.4 Å². The molecule has 2 rings (SSSR count). The highest BCUT2D eigenvalue weighted by Gasteiger charge is 2.35. The Morgan fingerprint density at radius 2 is 2.09 bits per heavy atom. The summed E-state index contributed by atoms with van der Waals surface area (Å²) in [6.07, 6.45) is 4.15. The molecule has 0 radical (unpaired) electrons. The van der Waals surface area contributed by atoms with Gasteiger partial charge < -0.3 is 10.2 Å². The van der Waals surface area contributed by atoms with Crippen molar-refractivity contribution in [2.75, 3.05) is 6.54 Å². The van der Waals surface area contributed by atoms with Gasteiger partial charge in [0.05, 0.1) is 18.4 Å². The van der Waals surface area contributed by atoms with E-state index in [1.165, 1.54) is 0 Å². The Kier molecular flexibility index (Phi) is 5.74. The van der Waals surface area contributed by atoms with Crippen molar-refractivity contribution in [2.24, 2.45) is 5.92 Å². The standard InChI is InChI=1S/C16H27N5O2/c1-5-12(6-2)18-15(22)10-20-9-13-8-17-19-21(13)14(16(20)23)7-11(3)4/h8,11-12,14H,5-7,9-10H2,1-4H3,(H,18,22)/t14-/m0/s1. The summed E-state index contributed by atoms with van der Waals surface area (Å²) >= 11 is 0. The largest absolute Gasteiger partial charge is 0.352 e. The Bertz CT molecular complexity index is 550. The van der Waals surface area contributed by atoms with Crippen LogP contribution in [0.15, 0.2) is 6.20 Å². The summed E-state index contributed by atoms with van der Waals surface area (Å²) in [6.45, 7) is 8.71. The number of amides is 2. The van der Waals surface area contributed by atoms with Crippen molar-refractivity contribution in [1.29, 1.82) is 0 Å². The number of hydrogen-bond donors (Lipinski definition) is 1. The van der Waals surface area contributed by atoms with Gasteiger partial charge in [-0.15, -0.1) is 5.10 Å². The first-order valence-electron chi connectivity index (χ1n) is 8.43. The van der Waals surface area contributed by atoms with Gasteiger partial charge in [-0.1, -0.05) is 32.9 Å². The SMILES string of the molecule is CCC(CC)NC(=O)CN1Cc2cnnn2[C@@H](CC(C)C)C1=O. The van der Waals surface area contributed by atoms with E-state index < -0.39 is 0 Å². The van der Waals surface area contributed by atoms with Crippen LogP contribution in [0.2, 0.25) is 0 Å². The maximum Gasteiger partial charge on any atom is 0.248 e. The minimum Gasteiger partial charge on any atom is -0.352 e. The van der Waals surface area contributed by atoms with Crippen LogP contribution in [-0.4, -0.2) is 44.3 Å². The van der Waals surface area contributed by atoms with E-state index in [4.69, 9.17) is 0 Å². The molecule has 0 saturated carbocycles. The van der Waals surface area contributed by atoms with E-state index in [1.807, 2.05) is 13.8 Å². The first-order chi connectivity index (χ1) is 11.0. The second-order valence-electron chi connectivity index (χ2n) is 6.59. The lowest BCUT2D eigenvalue weighted by atomic mass is 10.0. The molecular weight excluding hydrogens is 294 g/mol. The van der Waals surface area contributed by atoms with Crippen molar-refractivity contribution in [1.82, 2.24) is 25.2 Å². The molecule has 1 aliphatic rings. The molecule has 0 unspecified atom stereocenters. The Balaban J connectivity index is 2.09. The highest BCUT2D eigenvalue weighted by Crippen LogP contribution is 2.26. The second-order valence-corrected chi connectivity index (χ2v) is 6.59. The molecule has 128 valence electrons. The van der Waals surface area contributed by atoms with Crippen molar-refractivity contribution < 1.29 is 9.59 Å². The molecular formula is C16H27N5O2. The van der Waals surface area contributed by atoms with Crippen molar-refractivity contribution in [2.45, 2.75) is 65.6 Å². The van der Waals surface area contributed by atoms with Gasteiger partial charge in [-0.2, -0.15) is 0 Å². The van der Waals surface area contributed by atoms with Crippen LogP contribution in [0.4, 0.5) is 0 Å². The van der Waals surface area contributed by atoms with Crippen molar-refractivity contribution >= 4 is 11.8 Å². The number of carbonyl (C=O) groups excluding carboxylic acids is 2. The van der Waals surface area contributed by atoms with Gasteiger partial charge in [0.25, 0.3) is 0 Å². The Morgan fingerprint density at radius 1 is 1.39 bits per heavy atom. The highest BCUT2D eigenvalue weighted by atomic mass is 16.2. The summed E-state index contributed by atoms with van der Waals surface area (Å²) in [5, 5.41) is 11.0. The summed E-state index contributed by atoms with van der Waals surface area (Å²) < 4.78 is 1.71. The summed E-state index contributed by atoms with van der Waals surface area (Å²) in [5.74, 6) is 0.215. The molecule has 0 bridgehead atoms. The van der Waals surface area contributed by atoms with E-state index in [2.05, 4.69) is 29.5 Å². The zero-order valence-corrected chi connectivity index (χ0v) is 14.5. The van der Waals surface area contributed by atoms with Crippen LogP contribution < -0.4 is 5.32 Å². The average Bonchev–Trinajstić information content (AvgIpc) is 2.96. The van der Waals surface area contributed by atoms with Crippen LogP contribution in [0, 0.1) is 5.92 Å². The lowest BCUT2D eigenvalue weighted by Gasteiger charge is -2.33. The van der Waals surface area contributed by atoms with E-state index in [0.717, 1.165) is 18.5 Å². The van der Waals surface area contributed by atoms with Gasteiger partial charge in [-0.3, -0.25) is 9.59 Å². The molecule has 1 aromatic rings. The second kappa shape index (κ2) is 7.57. The van der Waals surface area contributed by atoms with Crippen molar-refractivity contribution in [3.8, 4) is 0 Å². The fraction of sp³-hybridized carbons (Fsp3) is 0.750. The van der Waals surface area contributed by atoms with Crippen LogP contribution in [-0.2, 0) is 16.1 Å². The maximum absolute atomic E-state index is 12.7. The molecule has 0 aromatic carbocycles. The van der Waals surface area contributed by atoms with Crippen LogP contribution >= 0.6 is 0 Å². The Morgan fingerprint density at radius 3 is 2.70 bits per heavy atom. The monoisotopic (exact) mass is 321 g/mol. The van der Waals surface area contributed by atoms with Crippen LogP contribution in [0.3, 0.4) is 0 Å². The van der Waals surface area contributed by atoms with Gasteiger partial charge in [-0.05, 0) is 25.2 Å². The zero-order chi connectivity index (χ0) is 17.0. The van der Waals surface area contributed by atoms with Crippen molar-refractivity contribution in [3.63, 3.8) is 0 Å². The molecule has 7 nitrogen and oxygen atoms in total. The van der Waals surface area contributed by atoms with E-state index in [0.29, 0.717) is 18.9 Å². The van der Waals surface area contributed by atoms with Crippen molar-refractivity contribution in [3.05, 3.63) is 11.9 Å². The van der Waals surface area contributed by atoms with Crippen LogP contribution in [0.25, 0.3) is 0 Å². The zero-order valence-electron chi connectivity index (χ0n) is 14.5. The number of nitrogens with one attached hydrogen (secondary N) is 1. The number of aromatic nitrogens is 3. The number of nitrogens with zero attached hydrogens (tertiary/aromatic N) is 4. The van der Waals surface area contributed by atoms with Gasteiger partial charge in [0.15, 0.2) is 0 Å². The third kappa shape index (κ3) is 4.09. The lowest BCUT2D eigenvalue weighted by Crippen LogP contribution is -2.48. The third-order valence-corrected chi connectivity index (χ3v) is 4.27. The molecule has 2 heterocycles. The molecule has 0 fully saturated rings. The molecule has 1 N–H and O–H groups in total. The minimum atomic E-state index is -0.359. The fourth-order valence-corrected chi connectivity index (χ4v) is 2.95. The fourth-order valence-electron chi connectivity index (χ4n) is 2.95. The molecule has 1 atom stereocenters. The summed E-state index contributed by atoms with van der Waals surface area (Å²) in [5.41, 5.74) is 0.880. The van der Waals surface area contributed by atoms with E-state index in [9.17, 15) is 9.59 Å². The van der Waals surface area contributed by atoms with Crippen LogP contribution in [0.1, 0.15) is 58.7 Å². The molecule has 1 aromatic heterocycles. The lowest BCUT2D eigenvalue weighted by molar-refractivity contribution is -0.142. The quantitative estimate of drug-likeness (QED) is 0.825. The minimum absolute atomic E-state index is 0.0450. The number of fused-ring (bicyclic) bond motifs is 1. The Hall–Kier alpha value is -1.92. The molecule has 7 heteroatoms. The van der Waals surface area contributed by atoms with E-state index in [1.54, 1.807) is 15.8 Å². The maximum atomic E-state index is 12.7. The highest BCUT2D eigenvalue weighted by molar-refractivity contribution is 5.87. The summed E-state index contributed by atoms with van der Waals surface area (Å²) in [4.78, 5) is 26.6.